The molecule has 1 atom stereocenters. The molecule has 132 valence electrons. The van der Waals surface area contributed by atoms with Gasteiger partial charge in [-0.3, -0.25) is 4.79 Å². The second-order valence-electron chi connectivity index (χ2n) is 6.51. The Balaban J connectivity index is 1.76. The van der Waals surface area contributed by atoms with E-state index in [9.17, 15) is 4.79 Å². The van der Waals surface area contributed by atoms with Gasteiger partial charge in [0.1, 0.15) is 11.6 Å². The highest BCUT2D eigenvalue weighted by molar-refractivity contribution is 5.94. The van der Waals surface area contributed by atoms with Crippen molar-refractivity contribution in [2.24, 2.45) is 0 Å². The summed E-state index contributed by atoms with van der Waals surface area (Å²) < 4.78 is 7.41. The van der Waals surface area contributed by atoms with Gasteiger partial charge in [0.05, 0.1) is 18.5 Å². The van der Waals surface area contributed by atoms with E-state index in [0.29, 0.717) is 13.0 Å². The second kappa shape index (κ2) is 6.67. The van der Waals surface area contributed by atoms with Gasteiger partial charge in [0.2, 0.25) is 5.91 Å². The minimum Gasteiger partial charge on any atom is -0.494 e. The minimum absolute atomic E-state index is 0.00169. The van der Waals surface area contributed by atoms with E-state index in [-0.39, 0.29) is 11.8 Å². The number of nitrogens with one attached hydrogen (secondary N) is 1. The first-order valence-electron chi connectivity index (χ1n) is 8.83. The number of fused-ring (bicyclic) bond motifs is 1. The third kappa shape index (κ3) is 2.96. The number of ether oxygens (including phenoxy) is 1. The van der Waals surface area contributed by atoms with E-state index in [1.807, 2.05) is 68.6 Å². The van der Waals surface area contributed by atoms with Crippen molar-refractivity contribution in [3.63, 3.8) is 0 Å². The van der Waals surface area contributed by atoms with Gasteiger partial charge in [-0.25, -0.2) is 4.68 Å². The van der Waals surface area contributed by atoms with Gasteiger partial charge in [0.15, 0.2) is 0 Å². The molecule has 1 N–H and O–H groups in total. The highest BCUT2D eigenvalue weighted by Gasteiger charge is 2.30. The number of benzene rings is 2. The summed E-state index contributed by atoms with van der Waals surface area (Å²) in [4.78, 5) is 12.4. The number of carbonyl (C=O) groups excluding carboxylic acids is 1. The fraction of sp³-hybridized carbons (Fsp3) is 0.238. The molecule has 1 aliphatic rings. The lowest BCUT2D eigenvalue weighted by Crippen LogP contribution is -2.24. The number of aromatic nitrogens is 2. The van der Waals surface area contributed by atoms with Gasteiger partial charge >= 0.3 is 0 Å². The maximum atomic E-state index is 12.4. The van der Waals surface area contributed by atoms with Crippen LogP contribution in [-0.4, -0.2) is 22.3 Å². The monoisotopic (exact) mass is 347 g/mol. The molecule has 1 amide bonds. The first-order chi connectivity index (χ1) is 12.7. The normalized spacial score (nSPS) is 16.1. The standard InChI is InChI=1S/C21H21N3O2/c1-3-26-17-6-4-5-15(11-17)18-12-20(25)23-21-19(18)13-22-24(21)16-9-7-14(2)8-10-16/h4-11,13,18H,3,12H2,1-2H3,(H,23,25)/t18-/m0/s1. The van der Waals surface area contributed by atoms with Crippen LogP contribution in [0.5, 0.6) is 5.75 Å². The molecular weight excluding hydrogens is 326 g/mol. The van der Waals surface area contributed by atoms with Crippen LogP contribution < -0.4 is 10.1 Å². The highest BCUT2D eigenvalue weighted by Crippen LogP contribution is 2.38. The maximum absolute atomic E-state index is 12.4. The van der Waals surface area contributed by atoms with Crippen LogP contribution in [0, 0.1) is 6.92 Å². The van der Waals surface area contributed by atoms with Crippen molar-refractivity contribution in [1.82, 2.24) is 9.78 Å². The van der Waals surface area contributed by atoms with E-state index in [2.05, 4.69) is 10.4 Å². The average molecular weight is 347 g/mol. The third-order valence-corrected chi connectivity index (χ3v) is 4.67. The number of hydrogen-bond donors (Lipinski definition) is 1. The fourth-order valence-electron chi connectivity index (χ4n) is 3.39. The number of aryl methyl sites for hydroxylation is 1. The van der Waals surface area contributed by atoms with Gasteiger partial charge in [-0.2, -0.15) is 5.10 Å². The van der Waals surface area contributed by atoms with Crippen LogP contribution in [0.1, 0.15) is 36.0 Å². The zero-order chi connectivity index (χ0) is 18.1. The quantitative estimate of drug-likeness (QED) is 0.774. The van der Waals surface area contributed by atoms with Crippen LogP contribution >= 0.6 is 0 Å². The molecule has 1 aromatic heterocycles. The number of anilines is 1. The average Bonchev–Trinajstić information content (AvgIpc) is 3.06. The summed E-state index contributed by atoms with van der Waals surface area (Å²) >= 11 is 0. The zero-order valence-electron chi connectivity index (χ0n) is 14.9. The van der Waals surface area contributed by atoms with Gasteiger partial charge in [0, 0.05) is 17.9 Å². The summed E-state index contributed by atoms with van der Waals surface area (Å²) in [5, 5.41) is 7.53. The molecule has 0 saturated heterocycles. The van der Waals surface area contributed by atoms with E-state index in [1.165, 1.54) is 5.56 Å². The first-order valence-corrected chi connectivity index (χ1v) is 8.83. The van der Waals surface area contributed by atoms with Crippen LogP contribution in [0.15, 0.2) is 54.7 Å². The Bertz CT molecular complexity index is 944. The molecule has 2 aromatic carbocycles. The van der Waals surface area contributed by atoms with Crippen molar-refractivity contribution >= 4 is 11.7 Å². The number of rotatable bonds is 4. The summed E-state index contributed by atoms with van der Waals surface area (Å²) in [5.41, 5.74) is 4.21. The lowest BCUT2D eigenvalue weighted by atomic mass is 9.87. The molecule has 5 heteroatoms. The van der Waals surface area contributed by atoms with E-state index in [4.69, 9.17) is 4.74 Å². The SMILES string of the molecule is CCOc1cccc([C@@H]2CC(=O)Nc3c2cnn3-c2ccc(C)cc2)c1. The summed E-state index contributed by atoms with van der Waals surface area (Å²) in [7, 11) is 0. The van der Waals surface area contributed by atoms with Crippen molar-refractivity contribution in [2.75, 3.05) is 11.9 Å². The summed E-state index contributed by atoms with van der Waals surface area (Å²) in [5.74, 6) is 1.54. The fourth-order valence-corrected chi connectivity index (χ4v) is 3.39. The number of hydrogen-bond acceptors (Lipinski definition) is 3. The molecule has 0 bridgehead atoms. The number of carbonyl (C=O) groups is 1. The molecular formula is C21H21N3O2. The van der Waals surface area contributed by atoms with E-state index in [1.54, 1.807) is 4.68 Å². The lowest BCUT2D eigenvalue weighted by molar-refractivity contribution is -0.116. The van der Waals surface area contributed by atoms with Crippen LogP contribution in [-0.2, 0) is 4.79 Å². The molecule has 0 spiro atoms. The molecule has 26 heavy (non-hydrogen) atoms. The topological polar surface area (TPSA) is 56.1 Å². The summed E-state index contributed by atoms with van der Waals surface area (Å²) in [6.45, 7) is 4.63. The Labute approximate surface area is 152 Å². The Morgan fingerprint density at radius 3 is 2.81 bits per heavy atom. The van der Waals surface area contributed by atoms with Crippen LogP contribution in [0.25, 0.3) is 5.69 Å². The van der Waals surface area contributed by atoms with E-state index >= 15 is 0 Å². The molecule has 0 saturated carbocycles. The lowest BCUT2D eigenvalue weighted by Gasteiger charge is -2.24. The van der Waals surface area contributed by atoms with Crippen molar-refractivity contribution in [3.8, 4) is 11.4 Å². The van der Waals surface area contributed by atoms with Gasteiger partial charge in [0.25, 0.3) is 0 Å². The molecule has 2 heterocycles. The highest BCUT2D eigenvalue weighted by atomic mass is 16.5. The van der Waals surface area contributed by atoms with Crippen molar-refractivity contribution < 1.29 is 9.53 Å². The van der Waals surface area contributed by atoms with Gasteiger partial charge < -0.3 is 10.1 Å². The smallest absolute Gasteiger partial charge is 0.226 e. The largest absolute Gasteiger partial charge is 0.494 e. The predicted octanol–water partition coefficient (Wildman–Crippen LogP) is 4.05. The molecule has 1 aliphatic heterocycles. The molecule has 0 radical (unpaired) electrons. The first kappa shape index (κ1) is 16.4. The Kier molecular flexibility index (Phi) is 4.21. The molecule has 4 rings (SSSR count). The van der Waals surface area contributed by atoms with Crippen molar-refractivity contribution in [2.45, 2.75) is 26.2 Å². The zero-order valence-corrected chi connectivity index (χ0v) is 14.9. The van der Waals surface area contributed by atoms with Gasteiger partial charge in [-0.15, -0.1) is 0 Å². The summed E-state index contributed by atoms with van der Waals surface area (Å²) in [6.07, 6.45) is 2.26. The Hall–Kier alpha value is -3.08. The Morgan fingerprint density at radius 2 is 2.04 bits per heavy atom. The van der Waals surface area contributed by atoms with Crippen LogP contribution in [0.4, 0.5) is 5.82 Å². The Morgan fingerprint density at radius 1 is 1.23 bits per heavy atom. The molecule has 0 unspecified atom stereocenters. The van der Waals surface area contributed by atoms with Gasteiger partial charge in [-0.05, 0) is 43.7 Å². The van der Waals surface area contributed by atoms with Crippen molar-refractivity contribution in [1.29, 1.82) is 0 Å². The summed E-state index contributed by atoms with van der Waals surface area (Å²) in [6, 6.07) is 16.1. The maximum Gasteiger partial charge on any atom is 0.226 e. The second-order valence-corrected chi connectivity index (χ2v) is 6.51. The molecule has 0 fully saturated rings. The minimum atomic E-state index is -0.0293. The van der Waals surface area contributed by atoms with Crippen LogP contribution in [0.2, 0.25) is 0 Å². The van der Waals surface area contributed by atoms with Gasteiger partial charge in [-0.1, -0.05) is 29.8 Å². The number of amides is 1. The van der Waals surface area contributed by atoms with E-state index < -0.39 is 0 Å². The third-order valence-electron chi connectivity index (χ3n) is 4.67. The molecule has 3 aromatic rings. The van der Waals surface area contributed by atoms with Crippen LogP contribution in [0.3, 0.4) is 0 Å². The molecule has 0 aliphatic carbocycles. The van der Waals surface area contributed by atoms with Crippen molar-refractivity contribution in [3.05, 3.63) is 71.4 Å². The predicted molar refractivity (Wildman–Crippen MR) is 101 cm³/mol. The van der Waals surface area contributed by atoms with E-state index in [0.717, 1.165) is 28.4 Å². The molecule has 5 nitrogen and oxygen atoms in total. The number of nitrogens with zero attached hydrogens (tertiary/aromatic N) is 2.